The third-order valence-corrected chi connectivity index (χ3v) is 7.82. The van der Waals surface area contributed by atoms with Crippen LogP contribution in [0.4, 0.5) is 0 Å². The Balaban J connectivity index is 1.62. The van der Waals surface area contributed by atoms with E-state index in [1.807, 2.05) is 43.3 Å². The smallest absolute Gasteiger partial charge is 0.328 e. The molecule has 3 atom stereocenters. The van der Waals surface area contributed by atoms with Gasteiger partial charge in [-0.25, -0.2) is 0 Å². The van der Waals surface area contributed by atoms with E-state index in [-0.39, 0.29) is 12.3 Å². The molecule has 34 heavy (non-hydrogen) atoms. The molecule has 3 aromatic carbocycles. The number of carbonyl (C=O) groups is 3. The second-order valence-corrected chi connectivity index (χ2v) is 9.99. The number of halogens is 2. The first-order chi connectivity index (χ1) is 16.4. The molecule has 0 unspecified atom stereocenters. The summed E-state index contributed by atoms with van der Waals surface area (Å²) in [7, 11) is 0. The molecule has 1 saturated carbocycles. The molecule has 1 amide bonds. The molecule has 1 fully saturated rings. The molecule has 1 aliphatic carbocycles. The number of ketones is 1. The molecule has 0 saturated heterocycles. The predicted octanol–water partition coefficient (Wildman–Crippen LogP) is 5.70. The summed E-state index contributed by atoms with van der Waals surface area (Å²) in [5, 5.41) is 3.41. The maximum atomic E-state index is 14.0. The normalized spacial score (nSPS) is 24.4. The molecule has 172 valence electrons. The Morgan fingerprint density at radius 2 is 1.76 bits per heavy atom. The molecular weight excluding hydrogens is 518 g/mol. The molecule has 0 spiro atoms. The predicted molar refractivity (Wildman–Crippen MR) is 132 cm³/mol. The highest BCUT2D eigenvalue weighted by atomic mass is 79.9. The molecule has 0 radical (unpaired) electrons. The molecule has 3 aromatic rings. The summed E-state index contributed by atoms with van der Waals surface area (Å²) in [6.07, 6.45) is 0.291. The molecule has 1 N–H and O–H groups in total. The summed E-state index contributed by atoms with van der Waals surface area (Å²) < 4.78 is 6.46. The van der Waals surface area contributed by atoms with Crippen molar-refractivity contribution in [3.8, 4) is 5.75 Å². The second kappa shape index (κ2) is 8.36. The fraction of sp³-hybridized carbons (Fsp3) is 0.222. The lowest BCUT2D eigenvalue weighted by atomic mass is 9.82. The molecule has 1 heterocycles. The first kappa shape index (κ1) is 22.8. The van der Waals surface area contributed by atoms with Gasteiger partial charge in [0.15, 0.2) is 11.2 Å². The number of amides is 1. The Hall–Kier alpha value is -2.96. The summed E-state index contributed by atoms with van der Waals surface area (Å²) in [6, 6.07) is 21.2. The highest BCUT2D eigenvalue weighted by Gasteiger charge is 2.89. The monoisotopic (exact) mass is 537 g/mol. The van der Waals surface area contributed by atoms with Crippen LogP contribution in [-0.4, -0.2) is 17.7 Å². The Labute approximate surface area is 210 Å². The van der Waals surface area contributed by atoms with Crippen LogP contribution in [-0.2, 0) is 16.1 Å². The third kappa shape index (κ3) is 3.16. The maximum absolute atomic E-state index is 14.0. The number of esters is 1. The standard InChI is InChI=1S/C27H21BrClNO4/c1-2-26(23(31)17-8-11-19(29)12-9-17)22-20-14-18(28)10-13-21(20)34-25(33)27(22,26)24(32)30-15-16-6-4-3-5-7-16/h3-14,22H,2,15H2,1H3,(H,30,32)/t22-,26+,27+/m0/s1. The average Bonchev–Trinajstić information content (AvgIpc) is 3.50. The van der Waals surface area contributed by atoms with Crippen LogP contribution < -0.4 is 10.1 Å². The first-order valence-electron chi connectivity index (χ1n) is 11.0. The van der Waals surface area contributed by atoms with Gasteiger partial charge in [0.05, 0.1) is 5.41 Å². The van der Waals surface area contributed by atoms with E-state index >= 15 is 0 Å². The molecule has 0 bridgehead atoms. The lowest BCUT2D eigenvalue weighted by Gasteiger charge is -2.24. The van der Waals surface area contributed by atoms with Gasteiger partial charge in [0, 0.05) is 33.1 Å². The van der Waals surface area contributed by atoms with Crippen LogP contribution in [0.3, 0.4) is 0 Å². The van der Waals surface area contributed by atoms with Crippen LogP contribution >= 0.6 is 27.5 Å². The number of ether oxygens (including phenoxy) is 1. The molecule has 7 heteroatoms. The van der Waals surface area contributed by atoms with Crippen molar-refractivity contribution in [3.63, 3.8) is 0 Å². The zero-order chi connectivity index (χ0) is 24.1. The minimum Gasteiger partial charge on any atom is -0.425 e. The number of nitrogens with one attached hydrogen (secondary N) is 1. The van der Waals surface area contributed by atoms with Crippen LogP contribution in [0.2, 0.25) is 5.02 Å². The minimum atomic E-state index is -1.65. The SMILES string of the molecule is CC[C@]1(C(=O)c2ccc(Cl)cc2)[C@@H]2c3cc(Br)ccc3OC(=O)[C@]21C(=O)NCc1ccccc1. The van der Waals surface area contributed by atoms with E-state index in [9.17, 15) is 14.4 Å². The van der Waals surface area contributed by atoms with Gasteiger partial charge < -0.3 is 10.1 Å². The van der Waals surface area contributed by atoms with Crippen LogP contribution in [0.1, 0.15) is 40.7 Å². The van der Waals surface area contributed by atoms with Crippen molar-refractivity contribution in [2.45, 2.75) is 25.8 Å². The lowest BCUT2D eigenvalue weighted by Crippen LogP contribution is -2.45. The third-order valence-electron chi connectivity index (χ3n) is 7.08. The van der Waals surface area contributed by atoms with Gasteiger partial charge in [-0.15, -0.1) is 0 Å². The van der Waals surface area contributed by atoms with Gasteiger partial charge in [-0.3, -0.25) is 14.4 Å². The average molecular weight is 539 g/mol. The van der Waals surface area contributed by atoms with E-state index in [0.717, 1.165) is 10.0 Å². The van der Waals surface area contributed by atoms with Gasteiger partial charge in [0.25, 0.3) is 0 Å². The molecule has 5 rings (SSSR count). The molecule has 5 nitrogen and oxygen atoms in total. The maximum Gasteiger partial charge on any atom is 0.328 e. The van der Waals surface area contributed by atoms with E-state index in [0.29, 0.717) is 28.3 Å². The van der Waals surface area contributed by atoms with Gasteiger partial charge in [0.2, 0.25) is 5.91 Å². The largest absolute Gasteiger partial charge is 0.425 e. The number of hydrogen-bond acceptors (Lipinski definition) is 4. The van der Waals surface area contributed by atoms with Crippen molar-refractivity contribution >= 4 is 45.2 Å². The molecule has 0 aromatic heterocycles. The van der Waals surface area contributed by atoms with Crippen LogP contribution in [0.5, 0.6) is 5.75 Å². The first-order valence-corrected chi connectivity index (χ1v) is 12.2. The lowest BCUT2D eigenvalue weighted by molar-refractivity contribution is -0.149. The molecular formula is C27H21BrClNO4. The fourth-order valence-electron chi connectivity index (χ4n) is 5.51. The quantitative estimate of drug-likeness (QED) is 0.189. The van der Waals surface area contributed by atoms with E-state index in [1.165, 1.54) is 0 Å². The Bertz CT molecular complexity index is 1310. The van der Waals surface area contributed by atoms with Crippen LogP contribution in [0, 0.1) is 10.8 Å². The summed E-state index contributed by atoms with van der Waals surface area (Å²) in [5.41, 5.74) is -0.956. The van der Waals surface area contributed by atoms with Gasteiger partial charge in [-0.1, -0.05) is 64.8 Å². The van der Waals surface area contributed by atoms with Crippen LogP contribution in [0.25, 0.3) is 0 Å². The minimum absolute atomic E-state index is 0.238. The van der Waals surface area contributed by atoms with E-state index in [2.05, 4.69) is 21.2 Å². The fourth-order valence-corrected chi connectivity index (χ4v) is 6.01. The number of fused-ring (bicyclic) bond motifs is 3. The Morgan fingerprint density at radius 3 is 2.44 bits per heavy atom. The van der Waals surface area contributed by atoms with Gasteiger partial charge in [0.1, 0.15) is 5.75 Å². The van der Waals surface area contributed by atoms with Crippen LogP contribution in [0.15, 0.2) is 77.3 Å². The van der Waals surface area contributed by atoms with E-state index in [1.54, 1.807) is 36.4 Å². The van der Waals surface area contributed by atoms with Gasteiger partial charge >= 0.3 is 5.97 Å². The van der Waals surface area contributed by atoms with E-state index < -0.39 is 28.6 Å². The summed E-state index contributed by atoms with van der Waals surface area (Å²) in [5.74, 6) is -1.72. The van der Waals surface area contributed by atoms with Gasteiger partial charge in [-0.2, -0.15) is 0 Å². The van der Waals surface area contributed by atoms with Crippen molar-refractivity contribution < 1.29 is 19.1 Å². The summed E-state index contributed by atoms with van der Waals surface area (Å²) >= 11 is 9.51. The molecule has 1 aliphatic heterocycles. The number of benzene rings is 3. The highest BCUT2D eigenvalue weighted by Crippen LogP contribution is 2.80. The van der Waals surface area contributed by atoms with Gasteiger partial charge in [-0.05, 0) is 54.4 Å². The zero-order valence-electron chi connectivity index (χ0n) is 18.3. The van der Waals surface area contributed by atoms with Crippen molar-refractivity contribution in [3.05, 3.63) is 99.0 Å². The summed E-state index contributed by atoms with van der Waals surface area (Å²) in [4.78, 5) is 41.4. The number of carbonyl (C=O) groups excluding carboxylic acids is 3. The van der Waals surface area contributed by atoms with E-state index in [4.69, 9.17) is 16.3 Å². The van der Waals surface area contributed by atoms with Crippen molar-refractivity contribution in [1.29, 1.82) is 0 Å². The zero-order valence-corrected chi connectivity index (χ0v) is 20.7. The van der Waals surface area contributed by atoms with Crippen molar-refractivity contribution in [2.75, 3.05) is 0 Å². The number of Topliss-reactive ketones (excluding diaryl/α,β-unsaturated/α-hetero) is 1. The highest BCUT2D eigenvalue weighted by molar-refractivity contribution is 9.10. The second-order valence-electron chi connectivity index (χ2n) is 8.64. The summed E-state index contributed by atoms with van der Waals surface area (Å²) in [6.45, 7) is 2.07. The molecule has 2 aliphatic rings. The van der Waals surface area contributed by atoms with Crippen molar-refractivity contribution in [1.82, 2.24) is 5.32 Å². The van der Waals surface area contributed by atoms with Crippen molar-refractivity contribution in [2.24, 2.45) is 10.8 Å². The Morgan fingerprint density at radius 1 is 1.06 bits per heavy atom. The topological polar surface area (TPSA) is 72.5 Å². The number of hydrogen-bond donors (Lipinski definition) is 1. The number of rotatable bonds is 6. The Kier molecular flexibility index (Phi) is 5.61.